The lowest BCUT2D eigenvalue weighted by atomic mass is 9.95. The second-order valence-corrected chi connectivity index (χ2v) is 6.22. The highest BCUT2D eigenvalue weighted by atomic mass is 35.5. The monoisotopic (exact) mass is 308 g/mol. The molecule has 2 aromatic carbocycles. The third-order valence-corrected chi connectivity index (χ3v) is 4.81. The number of benzene rings is 2. The molecule has 1 aliphatic rings. The standard InChI is InChI=1S/C19H17ClN2/c20-18-7-2-1-6-17(18)19(22-11-10-21-13-22)16-9-8-14-4-3-5-15(14)12-16/h1-2,6-13,19H,3-5H2. The summed E-state index contributed by atoms with van der Waals surface area (Å²) in [6.45, 7) is 0. The minimum absolute atomic E-state index is 0.0714. The maximum absolute atomic E-state index is 6.47. The minimum atomic E-state index is 0.0714. The van der Waals surface area contributed by atoms with E-state index in [2.05, 4.69) is 33.8 Å². The van der Waals surface area contributed by atoms with Crippen molar-refractivity contribution in [3.05, 3.63) is 88.5 Å². The number of fused-ring (bicyclic) bond motifs is 1. The lowest BCUT2D eigenvalue weighted by molar-refractivity contribution is 0.676. The molecular formula is C19H17ClN2. The second kappa shape index (κ2) is 5.62. The quantitative estimate of drug-likeness (QED) is 0.688. The van der Waals surface area contributed by atoms with E-state index in [0.717, 1.165) is 10.6 Å². The number of halogens is 1. The first-order valence-electron chi connectivity index (χ1n) is 7.66. The number of aromatic nitrogens is 2. The summed E-state index contributed by atoms with van der Waals surface area (Å²) in [5.41, 5.74) is 5.36. The van der Waals surface area contributed by atoms with Gasteiger partial charge in [0.25, 0.3) is 0 Å². The number of hydrogen-bond acceptors (Lipinski definition) is 1. The topological polar surface area (TPSA) is 17.8 Å². The predicted octanol–water partition coefficient (Wildman–Crippen LogP) is 4.66. The van der Waals surface area contributed by atoms with E-state index in [-0.39, 0.29) is 6.04 Å². The molecule has 0 radical (unpaired) electrons. The Morgan fingerprint density at radius 1 is 1.05 bits per heavy atom. The van der Waals surface area contributed by atoms with E-state index in [0.29, 0.717) is 0 Å². The third kappa shape index (κ3) is 2.34. The molecule has 110 valence electrons. The zero-order valence-corrected chi connectivity index (χ0v) is 13.0. The highest BCUT2D eigenvalue weighted by Gasteiger charge is 2.20. The molecule has 22 heavy (non-hydrogen) atoms. The fourth-order valence-corrected chi connectivity index (χ4v) is 3.63. The van der Waals surface area contributed by atoms with Gasteiger partial charge in [0, 0.05) is 17.4 Å². The molecule has 1 aromatic heterocycles. The Labute approximate surface area is 135 Å². The van der Waals surface area contributed by atoms with Gasteiger partial charge in [0.05, 0.1) is 12.4 Å². The van der Waals surface area contributed by atoms with E-state index < -0.39 is 0 Å². The number of nitrogens with zero attached hydrogens (tertiary/aromatic N) is 2. The first-order chi connectivity index (χ1) is 10.8. The van der Waals surface area contributed by atoms with Crippen molar-refractivity contribution >= 4 is 11.6 Å². The average molecular weight is 309 g/mol. The Morgan fingerprint density at radius 3 is 2.73 bits per heavy atom. The Morgan fingerprint density at radius 2 is 1.91 bits per heavy atom. The van der Waals surface area contributed by atoms with Gasteiger partial charge in [-0.15, -0.1) is 0 Å². The average Bonchev–Trinajstić information content (AvgIpc) is 3.20. The molecule has 0 fully saturated rings. The summed E-state index contributed by atoms with van der Waals surface area (Å²) in [5, 5.41) is 0.793. The molecule has 3 heteroatoms. The Hall–Kier alpha value is -2.06. The molecule has 0 saturated carbocycles. The maximum atomic E-state index is 6.47. The van der Waals surface area contributed by atoms with Crippen LogP contribution >= 0.6 is 11.6 Å². The van der Waals surface area contributed by atoms with Gasteiger partial charge in [0.1, 0.15) is 0 Å². The summed E-state index contributed by atoms with van der Waals surface area (Å²) in [6.07, 6.45) is 9.33. The van der Waals surface area contributed by atoms with Gasteiger partial charge in [0.15, 0.2) is 0 Å². The Kier molecular flexibility index (Phi) is 3.47. The van der Waals surface area contributed by atoms with E-state index in [1.807, 2.05) is 36.9 Å². The summed E-state index contributed by atoms with van der Waals surface area (Å²) >= 11 is 6.47. The molecule has 2 nitrogen and oxygen atoms in total. The van der Waals surface area contributed by atoms with Crippen LogP contribution in [0.3, 0.4) is 0 Å². The molecule has 0 spiro atoms. The van der Waals surface area contributed by atoms with Gasteiger partial charge < -0.3 is 4.57 Å². The van der Waals surface area contributed by atoms with Crippen molar-refractivity contribution in [2.24, 2.45) is 0 Å². The van der Waals surface area contributed by atoms with E-state index in [1.165, 1.54) is 36.0 Å². The third-order valence-electron chi connectivity index (χ3n) is 4.46. The first-order valence-corrected chi connectivity index (χ1v) is 8.04. The van der Waals surface area contributed by atoms with Crippen LogP contribution in [-0.2, 0) is 12.8 Å². The molecule has 0 N–H and O–H groups in total. The largest absolute Gasteiger partial charge is 0.326 e. The molecule has 1 unspecified atom stereocenters. The number of aryl methyl sites for hydroxylation is 2. The maximum Gasteiger partial charge on any atom is 0.0954 e. The summed E-state index contributed by atoms with van der Waals surface area (Å²) in [6, 6.07) is 15.0. The smallest absolute Gasteiger partial charge is 0.0954 e. The first kappa shape index (κ1) is 13.6. The Balaban J connectivity index is 1.87. The molecule has 1 aliphatic carbocycles. The van der Waals surface area contributed by atoms with E-state index in [1.54, 1.807) is 0 Å². The SMILES string of the molecule is Clc1ccccc1C(c1ccc2c(c1)CCC2)n1ccnc1. The summed E-state index contributed by atoms with van der Waals surface area (Å²) in [5.74, 6) is 0. The summed E-state index contributed by atoms with van der Waals surface area (Å²) < 4.78 is 2.12. The van der Waals surface area contributed by atoms with Crippen LogP contribution in [0.15, 0.2) is 61.2 Å². The van der Waals surface area contributed by atoms with E-state index in [9.17, 15) is 0 Å². The molecule has 0 saturated heterocycles. The van der Waals surface area contributed by atoms with Gasteiger partial charge in [-0.05, 0) is 47.6 Å². The van der Waals surface area contributed by atoms with Crippen LogP contribution in [0, 0.1) is 0 Å². The highest BCUT2D eigenvalue weighted by Crippen LogP contribution is 2.34. The van der Waals surface area contributed by atoms with Crippen molar-refractivity contribution in [1.82, 2.24) is 9.55 Å². The van der Waals surface area contributed by atoms with Crippen LogP contribution in [0.2, 0.25) is 5.02 Å². The van der Waals surface area contributed by atoms with Crippen LogP contribution in [0.1, 0.15) is 34.7 Å². The van der Waals surface area contributed by atoms with Crippen molar-refractivity contribution in [1.29, 1.82) is 0 Å². The summed E-state index contributed by atoms with van der Waals surface area (Å²) in [4.78, 5) is 4.22. The molecule has 3 aromatic rings. The number of rotatable bonds is 3. The van der Waals surface area contributed by atoms with Crippen LogP contribution < -0.4 is 0 Å². The van der Waals surface area contributed by atoms with Gasteiger partial charge in [-0.3, -0.25) is 0 Å². The molecule has 0 aliphatic heterocycles. The predicted molar refractivity (Wildman–Crippen MR) is 89.4 cm³/mol. The molecule has 1 heterocycles. The molecular weight excluding hydrogens is 292 g/mol. The summed E-state index contributed by atoms with van der Waals surface area (Å²) in [7, 11) is 0. The number of hydrogen-bond donors (Lipinski definition) is 0. The van der Waals surface area contributed by atoms with E-state index in [4.69, 9.17) is 11.6 Å². The molecule has 0 amide bonds. The zero-order chi connectivity index (χ0) is 14.9. The van der Waals surface area contributed by atoms with Crippen molar-refractivity contribution in [2.45, 2.75) is 25.3 Å². The number of imidazole rings is 1. The van der Waals surface area contributed by atoms with Gasteiger partial charge in [0.2, 0.25) is 0 Å². The lowest BCUT2D eigenvalue weighted by Gasteiger charge is -2.21. The molecule has 0 bridgehead atoms. The van der Waals surface area contributed by atoms with Crippen LogP contribution in [-0.4, -0.2) is 9.55 Å². The molecule has 4 rings (SSSR count). The minimum Gasteiger partial charge on any atom is -0.326 e. The van der Waals surface area contributed by atoms with Crippen LogP contribution in [0.4, 0.5) is 0 Å². The second-order valence-electron chi connectivity index (χ2n) is 5.82. The van der Waals surface area contributed by atoms with Crippen molar-refractivity contribution in [3.63, 3.8) is 0 Å². The Bertz CT molecular complexity index is 793. The van der Waals surface area contributed by atoms with E-state index >= 15 is 0 Å². The zero-order valence-electron chi connectivity index (χ0n) is 12.2. The van der Waals surface area contributed by atoms with Crippen molar-refractivity contribution in [2.75, 3.05) is 0 Å². The van der Waals surface area contributed by atoms with Gasteiger partial charge in [-0.1, -0.05) is 48.0 Å². The van der Waals surface area contributed by atoms with Gasteiger partial charge in [-0.2, -0.15) is 0 Å². The van der Waals surface area contributed by atoms with Gasteiger partial charge >= 0.3 is 0 Å². The fourth-order valence-electron chi connectivity index (χ4n) is 3.39. The van der Waals surface area contributed by atoms with Crippen LogP contribution in [0.25, 0.3) is 0 Å². The van der Waals surface area contributed by atoms with Gasteiger partial charge in [-0.25, -0.2) is 4.98 Å². The van der Waals surface area contributed by atoms with Crippen molar-refractivity contribution < 1.29 is 0 Å². The fraction of sp³-hybridized carbons (Fsp3) is 0.211. The highest BCUT2D eigenvalue weighted by molar-refractivity contribution is 6.31. The lowest BCUT2D eigenvalue weighted by Crippen LogP contribution is -2.11. The molecule has 1 atom stereocenters. The van der Waals surface area contributed by atoms with Crippen LogP contribution in [0.5, 0.6) is 0 Å². The normalized spacial score (nSPS) is 14.8. The van der Waals surface area contributed by atoms with Crippen molar-refractivity contribution in [3.8, 4) is 0 Å².